The standard InChI is InChI=1S/C13H20N2O2S/c1-18(16,17)13-6-4-11(5-7-13)10-15-8-2-3-12(15)9-14/h4-7,12H,2-3,8-10,14H2,1H3. The van der Waals surface area contributed by atoms with Crippen LogP contribution in [0.15, 0.2) is 29.2 Å². The second-order valence-electron chi connectivity index (χ2n) is 4.92. The second-order valence-corrected chi connectivity index (χ2v) is 6.93. The molecular weight excluding hydrogens is 248 g/mol. The molecule has 2 rings (SSSR count). The van der Waals surface area contributed by atoms with Crippen molar-refractivity contribution in [2.75, 3.05) is 19.3 Å². The van der Waals surface area contributed by atoms with Gasteiger partial charge in [-0.1, -0.05) is 12.1 Å². The molecule has 0 aliphatic carbocycles. The summed E-state index contributed by atoms with van der Waals surface area (Å²) in [6.45, 7) is 2.63. The molecular formula is C13H20N2O2S. The molecule has 1 fully saturated rings. The Morgan fingerprint density at radius 1 is 1.33 bits per heavy atom. The maximum absolute atomic E-state index is 11.4. The number of benzene rings is 1. The van der Waals surface area contributed by atoms with E-state index in [-0.39, 0.29) is 0 Å². The minimum absolute atomic E-state index is 0.378. The van der Waals surface area contributed by atoms with E-state index in [1.165, 1.54) is 12.7 Å². The largest absolute Gasteiger partial charge is 0.329 e. The quantitative estimate of drug-likeness (QED) is 0.885. The Kier molecular flexibility index (Phi) is 4.04. The fourth-order valence-electron chi connectivity index (χ4n) is 2.45. The number of nitrogens with two attached hydrogens (primary N) is 1. The first-order valence-corrected chi connectivity index (χ1v) is 8.13. The van der Waals surface area contributed by atoms with Gasteiger partial charge in [0.2, 0.25) is 0 Å². The van der Waals surface area contributed by atoms with Crippen molar-refractivity contribution in [3.05, 3.63) is 29.8 Å². The lowest BCUT2D eigenvalue weighted by atomic mass is 10.2. The molecule has 18 heavy (non-hydrogen) atoms. The van der Waals surface area contributed by atoms with Crippen molar-refractivity contribution < 1.29 is 8.42 Å². The van der Waals surface area contributed by atoms with Gasteiger partial charge in [0, 0.05) is 25.4 Å². The summed E-state index contributed by atoms with van der Waals surface area (Å²) < 4.78 is 22.7. The van der Waals surface area contributed by atoms with Crippen LogP contribution < -0.4 is 5.73 Å². The summed E-state index contributed by atoms with van der Waals surface area (Å²) in [7, 11) is -3.10. The number of hydrogen-bond donors (Lipinski definition) is 1. The average molecular weight is 268 g/mol. The van der Waals surface area contributed by atoms with Crippen molar-refractivity contribution in [2.45, 2.75) is 30.3 Å². The topological polar surface area (TPSA) is 63.4 Å². The van der Waals surface area contributed by atoms with Gasteiger partial charge in [0.05, 0.1) is 4.90 Å². The zero-order valence-electron chi connectivity index (χ0n) is 10.7. The predicted octanol–water partition coefficient (Wildman–Crippen LogP) is 1.01. The molecule has 1 atom stereocenters. The molecule has 1 aliphatic rings. The third-order valence-corrected chi connectivity index (χ3v) is 4.64. The highest BCUT2D eigenvalue weighted by atomic mass is 32.2. The normalized spacial score (nSPS) is 21.3. The molecule has 1 heterocycles. The Morgan fingerprint density at radius 3 is 2.56 bits per heavy atom. The van der Waals surface area contributed by atoms with Crippen LogP contribution in [0.4, 0.5) is 0 Å². The summed E-state index contributed by atoms with van der Waals surface area (Å²) in [6, 6.07) is 7.61. The first-order valence-electron chi connectivity index (χ1n) is 6.24. The zero-order chi connectivity index (χ0) is 13.2. The van der Waals surface area contributed by atoms with Crippen LogP contribution in [0.2, 0.25) is 0 Å². The maximum atomic E-state index is 11.4. The SMILES string of the molecule is CS(=O)(=O)c1ccc(CN2CCCC2CN)cc1. The lowest BCUT2D eigenvalue weighted by Gasteiger charge is -2.23. The Hall–Kier alpha value is -0.910. The van der Waals surface area contributed by atoms with Crippen LogP contribution in [0.3, 0.4) is 0 Å². The third-order valence-electron chi connectivity index (χ3n) is 3.51. The van der Waals surface area contributed by atoms with Crippen molar-refractivity contribution in [1.82, 2.24) is 4.90 Å². The van der Waals surface area contributed by atoms with E-state index in [2.05, 4.69) is 4.90 Å². The molecule has 1 aromatic carbocycles. The average Bonchev–Trinajstić information content (AvgIpc) is 2.76. The van der Waals surface area contributed by atoms with Gasteiger partial charge in [-0.3, -0.25) is 4.90 Å². The van der Waals surface area contributed by atoms with Crippen molar-refractivity contribution in [3.8, 4) is 0 Å². The Bertz CT molecular complexity index is 496. The lowest BCUT2D eigenvalue weighted by Crippen LogP contribution is -2.34. The van der Waals surface area contributed by atoms with Gasteiger partial charge >= 0.3 is 0 Å². The third kappa shape index (κ3) is 3.10. The van der Waals surface area contributed by atoms with Gasteiger partial charge in [0.25, 0.3) is 0 Å². The predicted molar refractivity (Wildman–Crippen MR) is 72.0 cm³/mol. The first kappa shape index (κ1) is 13.5. The van der Waals surface area contributed by atoms with E-state index in [1.807, 2.05) is 12.1 Å². The summed E-state index contributed by atoms with van der Waals surface area (Å²) in [5, 5.41) is 0. The summed E-state index contributed by atoms with van der Waals surface area (Å²) in [5.74, 6) is 0. The van der Waals surface area contributed by atoms with Crippen molar-refractivity contribution in [2.24, 2.45) is 5.73 Å². The Balaban J connectivity index is 2.07. The molecule has 0 aromatic heterocycles. The highest BCUT2D eigenvalue weighted by molar-refractivity contribution is 7.90. The van der Waals surface area contributed by atoms with Gasteiger partial charge in [-0.25, -0.2) is 8.42 Å². The van der Waals surface area contributed by atoms with E-state index in [4.69, 9.17) is 5.73 Å². The molecule has 1 aromatic rings. The first-order chi connectivity index (χ1) is 8.50. The van der Waals surface area contributed by atoms with Gasteiger partial charge in [-0.2, -0.15) is 0 Å². The fraction of sp³-hybridized carbons (Fsp3) is 0.538. The van der Waals surface area contributed by atoms with E-state index in [9.17, 15) is 8.42 Å². The summed E-state index contributed by atoms with van der Waals surface area (Å²) in [6.07, 6.45) is 3.59. The van der Waals surface area contributed by atoms with E-state index in [0.29, 0.717) is 17.5 Å². The minimum Gasteiger partial charge on any atom is -0.329 e. The lowest BCUT2D eigenvalue weighted by molar-refractivity contribution is 0.250. The van der Waals surface area contributed by atoms with Crippen LogP contribution in [0.25, 0.3) is 0 Å². The molecule has 5 heteroatoms. The number of sulfone groups is 1. The van der Waals surface area contributed by atoms with Gasteiger partial charge in [-0.05, 0) is 37.1 Å². The number of rotatable bonds is 4. The van der Waals surface area contributed by atoms with Crippen LogP contribution in [0, 0.1) is 0 Å². The van der Waals surface area contributed by atoms with E-state index >= 15 is 0 Å². The van der Waals surface area contributed by atoms with E-state index in [0.717, 1.165) is 25.1 Å². The molecule has 4 nitrogen and oxygen atoms in total. The van der Waals surface area contributed by atoms with Crippen molar-refractivity contribution in [3.63, 3.8) is 0 Å². The highest BCUT2D eigenvalue weighted by Gasteiger charge is 2.22. The van der Waals surface area contributed by atoms with E-state index in [1.54, 1.807) is 12.1 Å². The second kappa shape index (κ2) is 5.38. The zero-order valence-corrected chi connectivity index (χ0v) is 11.5. The van der Waals surface area contributed by atoms with Gasteiger partial charge in [0.15, 0.2) is 9.84 Å². The Morgan fingerprint density at radius 2 is 2.00 bits per heavy atom. The summed E-state index contributed by atoms with van der Waals surface area (Å²) >= 11 is 0. The van der Waals surface area contributed by atoms with Crippen LogP contribution in [-0.2, 0) is 16.4 Å². The van der Waals surface area contributed by atoms with Crippen LogP contribution in [-0.4, -0.2) is 38.7 Å². The summed E-state index contributed by atoms with van der Waals surface area (Å²) in [5.41, 5.74) is 6.88. The van der Waals surface area contributed by atoms with Crippen molar-refractivity contribution >= 4 is 9.84 Å². The molecule has 0 spiro atoms. The molecule has 0 radical (unpaired) electrons. The van der Waals surface area contributed by atoms with Gasteiger partial charge < -0.3 is 5.73 Å². The molecule has 100 valence electrons. The monoisotopic (exact) mass is 268 g/mol. The molecule has 1 unspecified atom stereocenters. The number of likely N-dealkylation sites (tertiary alicyclic amines) is 1. The number of hydrogen-bond acceptors (Lipinski definition) is 4. The van der Waals surface area contributed by atoms with Gasteiger partial charge in [-0.15, -0.1) is 0 Å². The van der Waals surface area contributed by atoms with Crippen molar-refractivity contribution in [1.29, 1.82) is 0 Å². The molecule has 0 amide bonds. The minimum atomic E-state index is -3.10. The number of nitrogens with zero attached hydrogens (tertiary/aromatic N) is 1. The smallest absolute Gasteiger partial charge is 0.175 e. The summed E-state index contributed by atoms with van der Waals surface area (Å²) in [4.78, 5) is 2.75. The van der Waals surface area contributed by atoms with Crippen LogP contribution in [0.1, 0.15) is 18.4 Å². The molecule has 1 saturated heterocycles. The highest BCUT2D eigenvalue weighted by Crippen LogP contribution is 2.20. The van der Waals surface area contributed by atoms with Crippen LogP contribution >= 0.6 is 0 Å². The van der Waals surface area contributed by atoms with Gasteiger partial charge in [0.1, 0.15) is 0 Å². The molecule has 0 bridgehead atoms. The van der Waals surface area contributed by atoms with Crippen LogP contribution in [0.5, 0.6) is 0 Å². The maximum Gasteiger partial charge on any atom is 0.175 e. The van der Waals surface area contributed by atoms with E-state index < -0.39 is 9.84 Å². The molecule has 2 N–H and O–H groups in total. The molecule has 0 saturated carbocycles. The fourth-order valence-corrected chi connectivity index (χ4v) is 3.08. The Labute approximate surface area is 109 Å². The molecule has 1 aliphatic heterocycles.